The highest BCUT2D eigenvalue weighted by Crippen LogP contribution is 2.31. The zero-order chi connectivity index (χ0) is 10.7. The van der Waals surface area contributed by atoms with Crippen molar-refractivity contribution in [1.82, 2.24) is 5.32 Å². The molecule has 0 spiro atoms. The maximum absolute atomic E-state index is 5.39. The van der Waals surface area contributed by atoms with Crippen LogP contribution in [0, 0.1) is 5.92 Å². The Morgan fingerprint density at radius 2 is 2.07 bits per heavy atom. The minimum atomic E-state index is 0.470. The Labute approximate surface area is 91.6 Å². The maximum atomic E-state index is 5.39. The molecule has 0 bridgehead atoms. The van der Waals surface area contributed by atoms with E-state index in [4.69, 9.17) is 4.74 Å². The third-order valence-electron chi connectivity index (χ3n) is 3.18. The molecular weight excluding hydrogens is 186 g/mol. The monoisotopic (exact) mass is 205 g/mol. The number of rotatable bonds is 2. The number of nitrogens with one attached hydrogen (secondary N) is 1. The highest BCUT2D eigenvalue weighted by atomic mass is 16.5. The molecule has 1 fully saturated rings. The fraction of sp³-hybridized carbons (Fsp3) is 0.538. The summed E-state index contributed by atoms with van der Waals surface area (Å²) in [7, 11) is 1.74. The van der Waals surface area contributed by atoms with Gasteiger partial charge < -0.3 is 10.1 Å². The van der Waals surface area contributed by atoms with Crippen LogP contribution in [-0.2, 0) is 0 Å². The molecule has 82 valence electrons. The number of piperidine rings is 1. The van der Waals surface area contributed by atoms with Gasteiger partial charge in [-0.25, -0.2) is 0 Å². The summed E-state index contributed by atoms with van der Waals surface area (Å²) in [4.78, 5) is 0. The predicted octanol–water partition coefficient (Wildman–Crippen LogP) is 2.76. The van der Waals surface area contributed by atoms with Gasteiger partial charge >= 0.3 is 0 Å². The average molecular weight is 205 g/mol. The van der Waals surface area contributed by atoms with Gasteiger partial charge in [0.25, 0.3) is 0 Å². The highest BCUT2D eigenvalue weighted by Gasteiger charge is 2.20. The normalized spacial score (nSPS) is 26.3. The molecule has 1 aliphatic rings. The summed E-state index contributed by atoms with van der Waals surface area (Å²) in [5.41, 5.74) is 1.30. The molecule has 0 saturated carbocycles. The van der Waals surface area contributed by atoms with Crippen LogP contribution >= 0.6 is 0 Å². The molecule has 1 aromatic rings. The second-order valence-electron chi connectivity index (χ2n) is 4.39. The lowest BCUT2D eigenvalue weighted by atomic mass is 9.92. The van der Waals surface area contributed by atoms with Gasteiger partial charge in [-0.1, -0.05) is 25.1 Å². The first-order chi connectivity index (χ1) is 7.31. The Hall–Kier alpha value is -1.02. The van der Waals surface area contributed by atoms with Crippen molar-refractivity contribution >= 4 is 0 Å². The molecule has 0 radical (unpaired) electrons. The quantitative estimate of drug-likeness (QED) is 0.801. The van der Waals surface area contributed by atoms with Gasteiger partial charge in [0.1, 0.15) is 5.75 Å². The Morgan fingerprint density at radius 1 is 1.27 bits per heavy atom. The zero-order valence-electron chi connectivity index (χ0n) is 9.49. The summed E-state index contributed by atoms with van der Waals surface area (Å²) in [6.07, 6.45) is 2.51. The molecule has 1 N–H and O–H groups in total. The summed E-state index contributed by atoms with van der Waals surface area (Å²) in [6.45, 7) is 3.41. The molecule has 1 heterocycles. The van der Waals surface area contributed by atoms with Crippen LogP contribution < -0.4 is 10.1 Å². The van der Waals surface area contributed by atoms with Crippen molar-refractivity contribution in [1.29, 1.82) is 0 Å². The minimum Gasteiger partial charge on any atom is -0.496 e. The maximum Gasteiger partial charge on any atom is 0.123 e. The van der Waals surface area contributed by atoms with E-state index in [1.54, 1.807) is 7.11 Å². The van der Waals surface area contributed by atoms with Gasteiger partial charge in [0, 0.05) is 11.6 Å². The van der Waals surface area contributed by atoms with E-state index in [1.807, 2.05) is 12.1 Å². The van der Waals surface area contributed by atoms with Gasteiger partial charge in [0.2, 0.25) is 0 Å². The Kier molecular flexibility index (Phi) is 3.27. The average Bonchev–Trinajstić information content (AvgIpc) is 2.30. The van der Waals surface area contributed by atoms with Crippen molar-refractivity contribution in [3.05, 3.63) is 29.8 Å². The second-order valence-corrected chi connectivity index (χ2v) is 4.39. The van der Waals surface area contributed by atoms with Gasteiger partial charge in [0.15, 0.2) is 0 Å². The van der Waals surface area contributed by atoms with E-state index < -0.39 is 0 Å². The lowest BCUT2D eigenvalue weighted by molar-refractivity contribution is 0.322. The molecule has 0 aromatic heterocycles. The minimum absolute atomic E-state index is 0.470. The van der Waals surface area contributed by atoms with Gasteiger partial charge in [-0.2, -0.15) is 0 Å². The SMILES string of the molecule is COc1ccccc1[C@H]1CC[C@H](C)CN1. The van der Waals surface area contributed by atoms with Crippen molar-refractivity contribution < 1.29 is 4.74 Å². The molecule has 0 aliphatic carbocycles. The van der Waals surface area contributed by atoms with Crippen molar-refractivity contribution in [2.75, 3.05) is 13.7 Å². The van der Waals surface area contributed by atoms with E-state index in [0.717, 1.165) is 18.2 Å². The Bertz CT molecular complexity index is 316. The largest absolute Gasteiger partial charge is 0.496 e. The van der Waals surface area contributed by atoms with Crippen LogP contribution in [0.4, 0.5) is 0 Å². The first-order valence-corrected chi connectivity index (χ1v) is 5.67. The van der Waals surface area contributed by atoms with Crippen LogP contribution in [0.3, 0.4) is 0 Å². The van der Waals surface area contributed by atoms with Gasteiger partial charge in [-0.3, -0.25) is 0 Å². The summed E-state index contributed by atoms with van der Waals surface area (Å²) < 4.78 is 5.39. The number of para-hydroxylation sites is 1. The van der Waals surface area contributed by atoms with E-state index in [-0.39, 0.29) is 0 Å². The number of benzene rings is 1. The number of hydrogen-bond acceptors (Lipinski definition) is 2. The summed E-state index contributed by atoms with van der Waals surface area (Å²) in [6, 6.07) is 8.77. The fourth-order valence-electron chi connectivity index (χ4n) is 2.22. The van der Waals surface area contributed by atoms with Crippen molar-refractivity contribution in [2.24, 2.45) is 5.92 Å². The summed E-state index contributed by atoms with van der Waals surface area (Å²) in [5, 5.41) is 3.58. The van der Waals surface area contributed by atoms with Crippen LogP contribution in [0.5, 0.6) is 5.75 Å². The lowest BCUT2D eigenvalue weighted by Crippen LogP contribution is -2.32. The fourth-order valence-corrected chi connectivity index (χ4v) is 2.22. The molecule has 1 aromatic carbocycles. The van der Waals surface area contributed by atoms with Gasteiger partial charge in [-0.05, 0) is 31.4 Å². The standard InChI is InChI=1S/C13H19NO/c1-10-7-8-12(14-9-10)11-5-3-4-6-13(11)15-2/h3-6,10,12,14H,7-9H2,1-2H3/t10-,12+/m0/s1. The van der Waals surface area contributed by atoms with E-state index >= 15 is 0 Å². The van der Waals surface area contributed by atoms with Gasteiger partial charge in [-0.15, -0.1) is 0 Å². The van der Waals surface area contributed by atoms with Crippen LogP contribution in [-0.4, -0.2) is 13.7 Å². The number of hydrogen-bond donors (Lipinski definition) is 1. The van der Waals surface area contributed by atoms with Crippen LogP contribution in [0.2, 0.25) is 0 Å². The molecular formula is C13H19NO. The van der Waals surface area contributed by atoms with Crippen molar-refractivity contribution in [2.45, 2.75) is 25.8 Å². The van der Waals surface area contributed by atoms with Crippen LogP contribution in [0.25, 0.3) is 0 Å². The third kappa shape index (κ3) is 2.32. The van der Waals surface area contributed by atoms with E-state index in [0.29, 0.717) is 6.04 Å². The second kappa shape index (κ2) is 4.67. The lowest BCUT2D eigenvalue weighted by Gasteiger charge is -2.29. The number of ether oxygens (including phenoxy) is 1. The molecule has 0 amide bonds. The molecule has 15 heavy (non-hydrogen) atoms. The summed E-state index contributed by atoms with van der Waals surface area (Å²) in [5.74, 6) is 1.81. The Morgan fingerprint density at radius 3 is 2.73 bits per heavy atom. The van der Waals surface area contributed by atoms with Crippen LogP contribution in [0.1, 0.15) is 31.4 Å². The van der Waals surface area contributed by atoms with Gasteiger partial charge in [0.05, 0.1) is 7.11 Å². The summed E-state index contributed by atoms with van der Waals surface area (Å²) >= 11 is 0. The molecule has 1 aliphatic heterocycles. The topological polar surface area (TPSA) is 21.3 Å². The molecule has 0 unspecified atom stereocenters. The first-order valence-electron chi connectivity index (χ1n) is 5.67. The van der Waals surface area contributed by atoms with Crippen LogP contribution in [0.15, 0.2) is 24.3 Å². The molecule has 2 nitrogen and oxygen atoms in total. The van der Waals surface area contributed by atoms with Crippen molar-refractivity contribution in [3.8, 4) is 5.75 Å². The van der Waals surface area contributed by atoms with E-state index in [2.05, 4.69) is 24.4 Å². The predicted molar refractivity (Wildman–Crippen MR) is 62.1 cm³/mol. The van der Waals surface area contributed by atoms with E-state index in [9.17, 15) is 0 Å². The van der Waals surface area contributed by atoms with Crippen molar-refractivity contribution in [3.63, 3.8) is 0 Å². The molecule has 2 rings (SSSR count). The first kappa shape index (κ1) is 10.5. The van der Waals surface area contributed by atoms with E-state index in [1.165, 1.54) is 18.4 Å². The molecule has 1 saturated heterocycles. The number of methoxy groups -OCH3 is 1. The molecule has 2 atom stereocenters. The zero-order valence-corrected chi connectivity index (χ0v) is 9.49. The smallest absolute Gasteiger partial charge is 0.123 e. The molecule has 2 heteroatoms. The highest BCUT2D eigenvalue weighted by molar-refractivity contribution is 5.36. The Balaban J connectivity index is 2.15. The third-order valence-corrected chi connectivity index (χ3v) is 3.18.